The van der Waals surface area contributed by atoms with Gasteiger partial charge in [0.15, 0.2) is 6.29 Å². The van der Waals surface area contributed by atoms with E-state index in [1.54, 1.807) is 6.07 Å². The van der Waals surface area contributed by atoms with Crippen LogP contribution in [0.4, 0.5) is 5.69 Å². The number of phenolic OH excluding ortho intramolecular Hbond substituents is 1. The molecule has 1 saturated heterocycles. The van der Waals surface area contributed by atoms with Crippen LogP contribution in [0.3, 0.4) is 0 Å². The Morgan fingerprint density at radius 3 is 2.69 bits per heavy atom. The summed E-state index contributed by atoms with van der Waals surface area (Å²) < 4.78 is 5.26. The lowest BCUT2D eigenvalue weighted by molar-refractivity contribution is 0.112. The van der Waals surface area contributed by atoms with Crippen LogP contribution in [0, 0.1) is 6.92 Å². The van der Waals surface area contributed by atoms with Gasteiger partial charge in [0.25, 0.3) is 0 Å². The molecule has 4 heteroatoms. The summed E-state index contributed by atoms with van der Waals surface area (Å²) in [5.41, 5.74) is 2.05. The quantitative estimate of drug-likeness (QED) is 0.766. The van der Waals surface area contributed by atoms with E-state index in [1.165, 1.54) is 0 Å². The number of aryl methyl sites for hydroxylation is 1. The minimum absolute atomic E-state index is 0.0718. The molecule has 0 atom stereocenters. The van der Waals surface area contributed by atoms with E-state index in [1.807, 2.05) is 17.9 Å². The number of morpholine rings is 1. The van der Waals surface area contributed by atoms with Gasteiger partial charge in [-0.15, -0.1) is 0 Å². The minimum Gasteiger partial charge on any atom is -0.505 e. The molecular weight excluding hydrogens is 206 g/mol. The molecule has 1 aromatic carbocycles. The Kier molecular flexibility index (Phi) is 3.10. The van der Waals surface area contributed by atoms with Crippen molar-refractivity contribution in [3.8, 4) is 5.75 Å². The monoisotopic (exact) mass is 221 g/mol. The van der Waals surface area contributed by atoms with Crippen molar-refractivity contribution in [2.75, 3.05) is 31.2 Å². The first kappa shape index (κ1) is 11.0. The highest BCUT2D eigenvalue weighted by Gasteiger charge is 2.17. The lowest BCUT2D eigenvalue weighted by atomic mass is 10.1. The van der Waals surface area contributed by atoms with Crippen LogP contribution in [0.5, 0.6) is 5.75 Å². The molecule has 1 heterocycles. The van der Waals surface area contributed by atoms with Crippen LogP contribution in [-0.2, 0) is 4.74 Å². The van der Waals surface area contributed by atoms with Gasteiger partial charge in [0.2, 0.25) is 0 Å². The molecule has 0 saturated carbocycles. The molecule has 1 aliphatic rings. The van der Waals surface area contributed by atoms with Crippen molar-refractivity contribution < 1.29 is 14.6 Å². The molecule has 2 rings (SSSR count). The Hall–Kier alpha value is -1.55. The number of phenols is 1. The second-order valence-electron chi connectivity index (χ2n) is 3.94. The van der Waals surface area contributed by atoms with Crippen LogP contribution in [0.2, 0.25) is 0 Å². The minimum atomic E-state index is 0.0718. The first-order valence-electron chi connectivity index (χ1n) is 5.34. The van der Waals surface area contributed by atoms with Crippen LogP contribution in [-0.4, -0.2) is 37.7 Å². The average Bonchev–Trinajstić information content (AvgIpc) is 2.33. The van der Waals surface area contributed by atoms with Gasteiger partial charge in [-0.2, -0.15) is 0 Å². The molecule has 86 valence electrons. The average molecular weight is 221 g/mol. The number of carbonyl (C=O) groups excluding carboxylic acids is 1. The van der Waals surface area contributed by atoms with Gasteiger partial charge in [-0.3, -0.25) is 4.79 Å². The molecule has 0 aliphatic carbocycles. The second-order valence-corrected chi connectivity index (χ2v) is 3.94. The molecule has 0 radical (unpaired) electrons. The van der Waals surface area contributed by atoms with Gasteiger partial charge >= 0.3 is 0 Å². The Labute approximate surface area is 94.4 Å². The standard InChI is InChI=1S/C12H15NO3/c1-9-6-10(8-14)12(15)11(7-9)13-2-4-16-5-3-13/h6-8,15H,2-5H2,1H3. The maximum Gasteiger partial charge on any atom is 0.153 e. The first-order valence-corrected chi connectivity index (χ1v) is 5.34. The lowest BCUT2D eigenvalue weighted by Gasteiger charge is -2.29. The summed E-state index contributed by atoms with van der Waals surface area (Å²) in [5, 5.41) is 9.95. The summed E-state index contributed by atoms with van der Waals surface area (Å²) in [6.45, 7) is 4.72. The third-order valence-corrected chi connectivity index (χ3v) is 2.74. The molecule has 1 aliphatic heterocycles. The molecule has 0 aromatic heterocycles. The molecule has 0 spiro atoms. The van der Waals surface area contributed by atoms with Gasteiger partial charge in [-0.25, -0.2) is 0 Å². The molecule has 0 bridgehead atoms. The van der Waals surface area contributed by atoms with E-state index in [0.717, 1.165) is 24.3 Å². The first-order chi connectivity index (χ1) is 7.72. The van der Waals surface area contributed by atoms with Gasteiger partial charge in [0.1, 0.15) is 5.75 Å². The van der Waals surface area contributed by atoms with Crippen LogP contribution < -0.4 is 4.90 Å². The zero-order chi connectivity index (χ0) is 11.5. The summed E-state index contributed by atoms with van der Waals surface area (Å²) in [7, 11) is 0. The van der Waals surface area contributed by atoms with E-state index < -0.39 is 0 Å². The van der Waals surface area contributed by atoms with Crippen molar-refractivity contribution in [2.45, 2.75) is 6.92 Å². The lowest BCUT2D eigenvalue weighted by Crippen LogP contribution is -2.36. The molecule has 4 nitrogen and oxygen atoms in total. The number of aromatic hydroxyl groups is 1. The Morgan fingerprint density at radius 2 is 2.06 bits per heavy atom. The summed E-state index contributed by atoms with van der Waals surface area (Å²) in [6.07, 6.45) is 0.687. The van der Waals surface area contributed by atoms with Crippen molar-refractivity contribution in [2.24, 2.45) is 0 Å². The number of aldehydes is 1. The van der Waals surface area contributed by atoms with Crippen molar-refractivity contribution >= 4 is 12.0 Å². The predicted molar refractivity (Wildman–Crippen MR) is 61.3 cm³/mol. The van der Waals surface area contributed by atoms with Crippen LogP contribution in [0.1, 0.15) is 15.9 Å². The fraction of sp³-hybridized carbons (Fsp3) is 0.417. The highest BCUT2D eigenvalue weighted by molar-refractivity contribution is 5.84. The number of ether oxygens (including phenoxy) is 1. The Balaban J connectivity index is 2.38. The third kappa shape index (κ3) is 2.02. The summed E-state index contributed by atoms with van der Waals surface area (Å²) >= 11 is 0. The number of nitrogens with zero attached hydrogens (tertiary/aromatic N) is 1. The van der Waals surface area contributed by atoms with Crippen molar-refractivity contribution in [1.82, 2.24) is 0 Å². The van der Waals surface area contributed by atoms with E-state index >= 15 is 0 Å². The maximum absolute atomic E-state index is 10.8. The largest absolute Gasteiger partial charge is 0.505 e. The second kappa shape index (κ2) is 4.53. The molecule has 0 amide bonds. The summed E-state index contributed by atoms with van der Waals surface area (Å²) in [5.74, 6) is 0.0718. The van der Waals surface area contributed by atoms with Crippen LogP contribution in [0.25, 0.3) is 0 Å². The summed E-state index contributed by atoms with van der Waals surface area (Å²) in [4.78, 5) is 12.9. The predicted octanol–water partition coefficient (Wildman–Crippen LogP) is 1.35. The number of anilines is 1. The van der Waals surface area contributed by atoms with E-state index in [4.69, 9.17) is 4.74 Å². The number of hydrogen-bond acceptors (Lipinski definition) is 4. The Morgan fingerprint density at radius 1 is 1.38 bits per heavy atom. The van der Waals surface area contributed by atoms with E-state index in [-0.39, 0.29) is 5.75 Å². The fourth-order valence-electron chi connectivity index (χ4n) is 1.92. The molecule has 1 fully saturated rings. The van der Waals surface area contributed by atoms with E-state index in [2.05, 4.69) is 0 Å². The number of hydrogen-bond donors (Lipinski definition) is 1. The van der Waals surface area contributed by atoms with E-state index in [9.17, 15) is 9.90 Å². The van der Waals surface area contributed by atoms with Gasteiger partial charge < -0.3 is 14.7 Å². The normalized spacial score (nSPS) is 16.2. The van der Waals surface area contributed by atoms with Gasteiger partial charge in [-0.1, -0.05) is 0 Å². The number of benzene rings is 1. The topological polar surface area (TPSA) is 49.8 Å². The molecule has 0 unspecified atom stereocenters. The van der Waals surface area contributed by atoms with Gasteiger partial charge in [-0.05, 0) is 24.6 Å². The summed E-state index contributed by atoms with van der Waals surface area (Å²) in [6, 6.07) is 3.58. The highest BCUT2D eigenvalue weighted by Crippen LogP contribution is 2.31. The van der Waals surface area contributed by atoms with Crippen molar-refractivity contribution in [3.63, 3.8) is 0 Å². The SMILES string of the molecule is Cc1cc(C=O)c(O)c(N2CCOCC2)c1. The molecular formula is C12H15NO3. The molecule has 1 N–H and O–H groups in total. The number of carbonyl (C=O) groups is 1. The van der Waals surface area contributed by atoms with Gasteiger partial charge in [0, 0.05) is 13.1 Å². The highest BCUT2D eigenvalue weighted by atomic mass is 16.5. The zero-order valence-corrected chi connectivity index (χ0v) is 9.27. The van der Waals surface area contributed by atoms with E-state index in [0.29, 0.717) is 25.1 Å². The van der Waals surface area contributed by atoms with Crippen molar-refractivity contribution in [3.05, 3.63) is 23.3 Å². The number of rotatable bonds is 2. The molecule has 16 heavy (non-hydrogen) atoms. The fourth-order valence-corrected chi connectivity index (χ4v) is 1.92. The third-order valence-electron chi connectivity index (χ3n) is 2.74. The molecule has 1 aromatic rings. The zero-order valence-electron chi connectivity index (χ0n) is 9.27. The maximum atomic E-state index is 10.8. The van der Waals surface area contributed by atoms with Gasteiger partial charge in [0.05, 0.1) is 24.5 Å². The smallest absolute Gasteiger partial charge is 0.153 e. The van der Waals surface area contributed by atoms with Crippen molar-refractivity contribution in [1.29, 1.82) is 0 Å². The van der Waals surface area contributed by atoms with Crippen LogP contribution in [0.15, 0.2) is 12.1 Å². The van der Waals surface area contributed by atoms with Crippen LogP contribution >= 0.6 is 0 Å². The Bertz CT molecular complexity index is 397.